The lowest BCUT2D eigenvalue weighted by Crippen LogP contribution is -2.34. The summed E-state index contributed by atoms with van der Waals surface area (Å²) in [5.74, 6) is -0.511. The quantitative estimate of drug-likeness (QED) is 0.644. The number of rotatable bonds is 8. The van der Waals surface area contributed by atoms with E-state index in [9.17, 15) is 13.2 Å². The number of nitrogens with two attached hydrogens (primary N) is 1. The molecule has 6 nitrogen and oxygen atoms in total. The van der Waals surface area contributed by atoms with Crippen molar-refractivity contribution in [2.24, 2.45) is 11.7 Å². The van der Waals surface area contributed by atoms with Gasteiger partial charge in [-0.25, -0.2) is 13.1 Å². The van der Waals surface area contributed by atoms with Crippen molar-refractivity contribution in [2.45, 2.75) is 39.1 Å². The molecule has 1 unspecified atom stereocenters. The van der Waals surface area contributed by atoms with Crippen LogP contribution in [0.5, 0.6) is 0 Å². The average Bonchev–Trinajstić information content (AvgIpc) is 2.43. The lowest BCUT2D eigenvalue weighted by molar-refractivity contribution is -0.124. The van der Waals surface area contributed by atoms with E-state index in [2.05, 4.69) is 10.0 Å². The number of halogens is 1. The largest absolute Gasteiger partial charge is 0.352 e. The summed E-state index contributed by atoms with van der Waals surface area (Å²) in [5, 5.41) is 2.78. The molecule has 23 heavy (non-hydrogen) atoms. The molecule has 0 spiro atoms. The summed E-state index contributed by atoms with van der Waals surface area (Å²) in [6.07, 6.45) is 0. The van der Waals surface area contributed by atoms with Crippen LogP contribution in [0, 0.1) is 5.92 Å². The molecule has 0 radical (unpaired) electrons. The topological polar surface area (TPSA) is 101 Å². The van der Waals surface area contributed by atoms with Crippen molar-refractivity contribution >= 4 is 28.3 Å². The van der Waals surface area contributed by atoms with Crippen LogP contribution in [-0.2, 0) is 27.1 Å². The molecule has 0 saturated heterocycles. The van der Waals surface area contributed by atoms with E-state index in [-0.39, 0.29) is 49.1 Å². The van der Waals surface area contributed by atoms with Crippen molar-refractivity contribution < 1.29 is 13.2 Å². The zero-order valence-electron chi connectivity index (χ0n) is 13.7. The second-order valence-electron chi connectivity index (χ2n) is 5.65. The Morgan fingerprint density at radius 1 is 1.17 bits per heavy atom. The first kappa shape index (κ1) is 21.9. The van der Waals surface area contributed by atoms with E-state index < -0.39 is 10.0 Å². The fraction of sp³-hybridized carbons (Fsp3) is 0.533. The molecule has 0 aliphatic carbocycles. The van der Waals surface area contributed by atoms with Crippen LogP contribution in [0.1, 0.15) is 31.9 Å². The number of benzene rings is 1. The fourth-order valence-corrected chi connectivity index (χ4v) is 3.43. The van der Waals surface area contributed by atoms with Gasteiger partial charge >= 0.3 is 0 Å². The third kappa shape index (κ3) is 7.78. The molecule has 1 atom stereocenters. The number of nitrogens with one attached hydrogen (secondary N) is 2. The number of hydrogen-bond donors (Lipinski definition) is 3. The van der Waals surface area contributed by atoms with Gasteiger partial charge in [0.15, 0.2) is 0 Å². The highest BCUT2D eigenvalue weighted by atomic mass is 35.5. The SMILES string of the molecule is CC(C)NS(=O)(=O)Cc1ccccc1CNC(=O)C(C)CN.Cl. The molecular formula is C15H26ClN3O3S. The summed E-state index contributed by atoms with van der Waals surface area (Å²) in [6.45, 7) is 5.87. The molecule has 1 aromatic rings. The standard InChI is InChI=1S/C15H25N3O3S.ClH/c1-11(2)18-22(20,21)10-14-7-5-4-6-13(14)9-17-15(19)12(3)8-16;/h4-7,11-12,18H,8-10,16H2,1-3H3,(H,17,19);1H. The third-order valence-electron chi connectivity index (χ3n) is 3.13. The van der Waals surface area contributed by atoms with Crippen LogP contribution in [0.25, 0.3) is 0 Å². The first-order chi connectivity index (χ1) is 10.2. The Labute approximate surface area is 144 Å². The normalized spacial score (nSPS) is 12.6. The Bertz CT molecular complexity index is 606. The van der Waals surface area contributed by atoms with Crippen molar-refractivity contribution in [3.8, 4) is 0 Å². The van der Waals surface area contributed by atoms with Crippen LogP contribution >= 0.6 is 12.4 Å². The zero-order valence-corrected chi connectivity index (χ0v) is 15.3. The smallest absolute Gasteiger partial charge is 0.224 e. The first-order valence-electron chi connectivity index (χ1n) is 7.29. The Balaban J connectivity index is 0.00000484. The van der Waals surface area contributed by atoms with Gasteiger partial charge in [0.1, 0.15) is 0 Å². The van der Waals surface area contributed by atoms with Crippen LogP contribution in [0.15, 0.2) is 24.3 Å². The molecule has 1 amide bonds. The number of carbonyl (C=O) groups excluding carboxylic acids is 1. The number of amides is 1. The number of hydrogen-bond acceptors (Lipinski definition) is 4. The van der Waals surface area contributed by atoms with Gasteiger partial charge in [-0.2, -0.15) is 0 Å². The van der Waals surface area contributed by atoms with Gasteiger partial charge in [-0.15, -0.1) is 12.4 Å². The summed E-state index contributed by atoms with van der Waals surface area (Å²) in [5.41, 5.74) is 6.92. The van der Waals surface area contributed by atoms with Crippen molar-refractivity contribution in [1.29, 1.82) is 0 Å². The maximum atomic E-state index is 12.0. The second-order valence-corrected chi connectivity index (χ2v) is 7.41. The third-order valence-corrected chi connectivity index (χ3v) is 4.65. The van der Waals surface area contributed by atoms with Gasteiger partial charge < -0.3 is 11.1 Å². The van der Waals surface area contributed by atoms with E-state index in [1.807, 2.05) is 12.1 Å². The molecule has 0 aliphatic heterocycles. The molecule has 132 valence electrons. The summed E-state index contributed by atoms with van der Waals surface area (Å²) in [7, 11) is -3.40. The predicted octanol–water partition coefficient (Wildman–Crippen LogP) is 1.15. The van der Waals surface area contributed by atoms with Crippen LogP contribution in [-0.4, -0.2) is 26.9 Å². The Hall–Kier alpha value is -1.15. The van der Waals surface area contributed by atoms with E-state index in [0.29, 0.717) is 5.56 Å². The molecule has 0 bridgehead atoms. The molecule has 0 saturated carbocycles. The van der Waals surface area contributed by atoms with Gasteiger partial charge in [0.2, 0.25) is 15.9 Å². The van der Waals surface area contributed by atoms with E-state index in [1.165, 1.54) is 0 Å². The molecule has 1 rings (SSSR count). The molecule has 1 aromatic carbocycles. The van der Waals surface area contributed by atoms with Crippen molar-refractivity contribution in [2.75, 3.05) is 6.54 Å². The van der Waals surface area contributed by atoms with Gasteiger partial charge in [0.05, 0.1) is 5.75 Å². The lowest BCUT2D eigenvalue weighted by Gasteiger charge is -2.14. The molecule has 4 N–H and O–H groups in total. The highest BCUT2D eigenvalue weighted by Gasteiger charge is 2.16. The van der Waals surface area contributed by atoms with Crippen LogP contribution < -0.4 is 15.8 Å². The van der Waals surface area contributed by atoms with Crippen molar-refractivity contribution in [1.82, 2.24) is 10.0 Å². The monoisotopic (exact) mass is 363 g/mol. The van der Waals surface area contributed by atoms with E-state index in [1.54, 1.807) is 32.9 Å². The minimum atomic E-state index is -3.40. The van der Waals surface area contributed by atoms with Crippen molar-refractivity contribution in [3.05, 3.63) is 35.4 Å². The molecule has 0 aromatic heterocycles. The maximum Gasteiger partial charge on any atom is 0.224 e. The predicted molar refractivity (Wildman–Crippen MR) is 94.7 cm³/mol. The lowest BCUT2D eigenvalue weighted by atomic mass is 10.1. The fourth-order valence-electron chi connectivity index (χ4n) is 1.94. The Kier molecular flexibility index (Phi) is 9.38. The van der Waals surface area contributed by atoms with Gasteiger partial charge in [0.25, 0.3) is 0 Å². The first-order valence-corrected chi connectivity index (χ1v) is 8.95. The average molecular weight is 364 g/mol. The minimum absolute atomic E-state index is 0. The van der Waals surface area contributed by atoms with Crippen LogP contribution in [0.2, 0.25) is 0 Å². The number of sulfonamides is 1. The number of carbonyl (C=O) groups is 1. The molecule has 0 fully saturated rings. The van der Waals surface area contributed by atoms with E-state index >= 15 is 0 Å². The van der Waals surface area contributed by atoms with Crippen LogP contribution in [0.4, 0.5) is 0 Å². The molecule has 0 aliphatic rings. The van der Waals surface area contributed by atoms with E-state index in [4.69, 9.17) is 5.73 Å². The van der Waals surface area contributed by atoms with Crippen LogP contribution in [0.3, 0.4) is 0 Å². The Morgan fingerprint density at radius 2 is 1.74 bits per heavy atom. The second kappa shape index (κ2) is 9.87. The van der Waals surface area contributed by atoms with Gasteiger partial charge in [-0.3, -0.25) is 4.79 Å². The summed E-state index contributed by atoms with van der Waals surface area (Å²) in [4.78, 5) is 11.8. The summed E-state index contributed by atoms with van der Waals surface area (Å²) < 4.78 is 26.6. The highest BCUT2D eigenvalue weighted by Crippen LogP contribution is 2.12. The Morgan fingerprint density at radius 3 is 2.26 bits per heavy atom. The van der Waals surface area contributed by atoms with Crippen molar-refractivity contribution in [3.63, 3.8) is 0 Å². The zero-order chi connectivity index (χ0) is 16.8. The highest BCUT2D eigenvalue weighted by molar-refractivity contribution is 7.88. The molecule has 0 heterocycles. The summed E-state index contributed by atoms with van der Waals surface area (Å²) >= 11 is 0. The minimum Gasteiger partial charge on any atom is -0.352 e. The van der Waals surface area contributed by atoms with Gasteiger partial charge in [-0.05, 0) is 25.0 Å². The van der Waals surface area contributed by atoms with Gasteiger partial charge in [-0.1, -0.05) is 31.2 Å². The molecular weight excluding hydrogens is 338 g/mol. The maximum absolute atomic E-state index is 12.0. The summed E-state index contributed by atoms with van der Waals surface area (Å²) in [6, 6.07) is 7.02. The van der Waals surface area contributed by atoms with E-state index in [0.717, 1.165) is 5.56 Å². The molecule has 8 heteroatoms. The van der Waals surface area contributed by atoms with Gasteiger partial charge in [0, 0.05) is 25.0 Å².